The quantitative estimate of drug-likeness (QED) is 0.140. The summed E-state index contributed by atoms with van der Waals surface area (Å²) in [6.07, 6.45) is 6.20. The molecule has 2 nitrogen and oxygen atoms in total. The Morgan fingerprint density at radius 1 is 0.625 bits per heavy atom. The third kappa shape index (κ3) is 3.14. The first-order valence-corrected chi connectivity index (χ1v) is 16.8. The van der Waals surface area contributed by atoms with E-state index in [4.69, 9.17) is 0 Å². The van der Waals surface area contributed by atoms with Crippen LogP contribution >= 0.6 is 0 Å². The highest BCUT2D eigenvalue weighted by Crippen LogP contribution is 2.46. The smallest absolute Gasteiger partial charge is 0.333 e. The minimum absolute atomic E-state index is 0.0225. The van der Waals surface area contributed by atoms with Crippen molar-refractivity contribution >= 4 is 78.2 Å². The summed E-state index contributed by atoms with van der Waals surface area (Å²) in [5.41, 5.74) is 16.8. The fraction of sp³-hybridized carbons (Fsp3) is 0.0222. The number of nitrogens with zero attached hydrogens (tertiary/aromatic N) is 2. The van der Waals surface area contributed by atoms with Gasteiger partial charge in [0.1, 0.15) is 0 Å². The van der Waals surface area contributed by atoms with Crippen molar-refractivity contribution < 1.29 is 0 Å². The second-order valence-electron chi connectivity index (χ2n) is 13.3. The number of rotatable bonds is 3. The molecule has 0 unspecified atom stereocenters. The monoisotopic (exact) mass is 608 g/mol. The van der Waals surface area contributed by atoms with Gasteiger partial charge in [-0.25, -0.2) is 0 Å². The van der Waals surface area contributed by atoms with E-state index in [1.54, 1.807) is 0 Å². The van der Waals surface area contributed by atoms with Crippen LogP contribution < -0.4 is 10.9 Å². The minimum atomic E-state index is 0.0225. The molecule has 0 N–H and O–H groups in total. The molecule has 0 amide bonds. The van der Waals surface area contributed by atoms with Crippen molar-refractivity contribution in [1.82, 2.24) is 9.05 Å². The number of benzene rings is 7. The van der Waals surface area contributed by atoms with Gasteiger partial charge in [0.15, 0.2) is 0 Å². The molecular weight excluding hydrogens is 579 g/mol. The van der Waals surface area contributed by atoms with Gasteiger partial charge in [-0.05, 0) is 80.7 Å². The largest absolute Gasteiger partial charge is 0.375 e. The summed E-state index contributed by atoms with van der Waals surface area (Å²) in [7, 11) is 0. The number of aromatic nitrogens is 2. The van der Waals surface area contributed by atoms with Crippen LogP contribution in [0.15, 0.2) is 146 Å². The molecule has 11 rings (SSSR count). The molecule has 7 aromatic carbocycles. The van der Waals surface area contributed by atoms with Crippen LogP contribution in [0.3, 0.4) is 0 Å². The topological polar surface area (TPSA) is 9.86 Å². The highest BCUT2D eigenvalue weighted by Gasteiger charge is 2.42. The lowest BCUT2D eigenvalue weighted by Crippen LogP contribution is -2.55. The zero-order valence-corrected chi connectivity index (χ0v) is 26.5. The lowest BCUT2D eigenvalue weighted by molar-refractivity contribution is 1.17. The zero-order chi connectivity index (χ0) is 31.7. The van der Waals surface area contributed by atoms with Crippen molar-refractivity contribution in [2.45, 2.75) is 6.92 Å². The van der Waals surface area contributed by atoms with Crippen LogP contribution in [-0.4, -0.2) is 15.9 Å². The highest BCUT2D eigenvalue weighted by atomic mass is 15.0. The first-order valence-electron chi connectivity index (χ1n) is 16.8. The Kier molecular flexibility index (Phi) is 5.03. The molecule has 0 saturated heterocycles. The van der Waals surface area contributed by atoms with Gasteiger partial charge in [-0.15, -0.1) is 0 Å². The maximum Gasteiger partial charge on any atom is 0.333 e. The van der Waals surface area contributed by atoms with E-state index in [1.807, 2.05) is 6.08 Å². The molecule has 4 heterocycles. The van der Waals surface area contributed by atoms with Crippen LogP contribution in [0.2, 0.25) is 0 Å². The van der Waals surface area contributed by atoms with Gasteiger partial charge >= 0.3 is 6.85 Å². The molecule has 2 aliphatic heterocycles. The van der Waals surface area contributed by atoms with E-state index in [0.717, 1.165) is 0 Å². The Morgan fingerprint density at radius 2 is 1.42 bits per heavy atom. The Balaban J connectivity index is 1.43. The molecule has 0 bridgehead atoms. The summed E-state index contributed by atoms with van der Waals surface area (Å²) in [5.74, 6) is 0. The van der Waals surface area contributed by atoms with Crippen LogP contribution in [0.4, 0.5) is 0 Å². The van der Waals surface area contributed by atoms with Crippen LogP contribution in [-0.2, 0) is 0 Å². The minimum Gasteiger partial charge on any atom is -0.375 e. The number of allylic oxidation sites excluding steroid dienone is 2. The molecule has 9 aromatic rings. The first-order chi connectivity index (χ1) is 23.7. The third-order valence-corrected chi connectivity index (χ3v) is 11.0. The Labute approximate surface area is 278 Å². The van der Waals surface area contributed by atoms with Crippen molar-refractivity contribution in [3.05, 3.63) is 157 Å². The lowest BCUT2D eigenvalue weighted by Gasteiger charge is -2.34. The summed E-state index contributed by atoms with van der Waals surface area (Å²) in [5, 5.41) is 7.82. The van der Waals surface area contributed by atoms with Crippen LogP contribution in [0.25, 0.3) is 88.4 Å². The van der Waals surface area contributed by atoms with Gasteiger partial charge < -0.3 is 9.05 Å². The third-order valence-electron chi connectivity index (χ3n) is 11.0. The van der Waals surface area contributed by atoms with Gasteiger partial charge in [0.05, 0.1) is 11.0 Å². The van der Waals surface area contributed by atoms with Gasteiger partial charge in [0, 0.05) is 43.8 Å². The number of hydrogen-bond donors (Lipinski definition) is 0. The number of aryl methyl sites for hydroxylation is 1. The normalized spacial score (nSPS) is 13.1. The second kappa shape index (κ2) is 9.27. The van der Waals surface area contributed by atoms with Crippen molar-refractivity contribution in [3.8, 4) is 27.9 Å². The second-order valence-corrected chi connectivity index (χ2v) is 13.3. The maximum absolute atomic E-state index is 4.01. The molecule has 48 heavy (non-hydrogen) atoms. The van der Waals surface area contributed by atoms with Gasteiger partial charge in [-0.1, -0.05) is 128 Å². The van der Waals surface area contributed by atoms with E-state index in [2.05, 4.69) is 162 Å². The molecule has 0 aliphatic carbocycles. The van der Waals surface area contributed by atoms with Crippen molar-refractivity contribution in [1.29, 1.82) is 0 Å². The highest BCUT2D eigenvalue weighted by molar-refractivity contribution is 6.90. The fourth-order valence-electron chi connectivity index (χ4n) is 9.06. The average Bonchev–Trinajstić information content (AvgIpc) is 3.66. The van der Waals surface area contributed by atoms with E-state index in [0.29, 0.717) is 0 Å². The molecule has 0 saturated carbocycles. The molecular formula is C45H29BN2. The van der Waals surface area contributed by atoms with Crippen molar-refractivity contribution in [3.63, 3.8) is 0 Å². The SMILES string of the molecule is C=C/C=C\c1c(C)ccc2c1c1c3ccccc3cc3c1n2-c1cc(-c2ccccc2)cc2c1B3n1c3ccccc3c3cccc-2c31. The Morgan fingerprint density at radius 3 is 2.29 bits per heavy atom. The van der Waals surface area contributed by atoms with Crippen molar-refractivity contribution in [2.75, 3.05) is 0 Å². The van der Waals surface area contributed by atoms with E-state index in [9.17, 15) is 0 Å². The van der Waals surface area contributed by atoms with E-state index in [-0.39, 0.29) is 6.85 Å². The Hall–Kier alpha value is -6.06. The van der Waals surface area contributed by atoms with Crippen LogP contribution in [0.1, 0.15) is 11.1 Å². The molecule has 0 radical (unpaired) electrons. The predicted octanol–water partition coefficient (Wildman–Crippen LogP) is 10.2. The summed E-state index contributed by atoms with van der Waals surface area (Å²) >= 11 is 0. The number of para-hydroxylation sites is 2. The summed E-state index contributed by atoms with van der Waals surface area (Å²) in [6.45, 7) is 6.26. The van der Waals surface area contributed by atoms with Gasteiger partial charge in [0.2, 0.25) is 0 Å². The summed E-state index contributed by atoms with van der Waals surface area (Å²) in [4.78, 5) is 0. The van der Waals surface area contributed by atoms with Crippen LogP contribution in [0, 0.1) is 6.92 Å². The molecule has 0 spiro atoms. The molecule has 222 valence electrons. The van der Waals surface area contributed by atoms with Gasteiger partial charge in [-0.3, -0.25) is 0 Å². The summed E-state index contributed by atoms with van der Waals surface area (Å²) < 4.78 is 5.25. The maximum atomic E-state index is 4.01. The van der Waals surface area contributed by atoms with Gasteiger partial charge in [0.25, 0.3) is 0 Å². The van der Waals surface area contributed by atoms with E-state index in [1.165, 1.54) is 104 Å². The Bertz CT molecular complexity index is 2920. The van der Waals surface area contributed by atoms with Crippen LogP contribution in [0.5, 0.6) is 0 Å². The first kappa shape index (κ1) is 26.1. The summed E-state index contributed by atoms with van der Waals surface area (Å²) in [6, 6.07) is 47.7. The number of hydrogen-bond acceptors (Lipinski definition) is 0. The predicted molar refractivity (Wildman–Crippen MR) is 207 cm³/mol. The number of fused-ring (bicyclic) bond motifs is 12. The zero-order valence-electron chi connectivity index (χ0n) is 26.5. The standard InChI is InChI=1S/C45H29BN2/c1-3-4-16-31-27(2)22-23-39-41(31)42-32-17-9-8-15-29(32)25-37-45(42)47(39)40-26-30(28-13-6-5-7-14-28)24-36-35-20-12-19-34-33-18-10-11-21-38(33)48(44(34)35)46(37)43(36)40/h3-26H,1H2,2H3/b16-4-. The lowest BCUT2D eigenvalue weighted by atomic mass is 9.45. The van der Waals surface area contributed by atoms with E-state index >= 15 is 0 Å². The molecule has 0 fully saturated rings. The molecule has 2 aliphatic rings. The van der Waals surface area contributed by atoms with Crippen molar-refractivity contribution in [2.24, 2.45) is 0 Å². The van der Waals surface area contributed by atoms with E-state index < -0.39 is 0 Å². The molecule has 3 heteroatoms. The molecule has 0 atom stereocenters. The fourth-order valence-corrected chi connectivity index (χ4v) is 9.06. The van der Waals surface area contributed by atoms with Gasteiger partial charge in [-0.2, -0.15) is 0 Å². The average molecular weight is 609 g/mol. The molecule has 2 aromatic heterocycles.